The summed E-state index contributed by atoms with van der Waals surface area (Å²) >= 11 is 0. The largest absolute Gasteiger partial charge is 0.375 e. The van der Waals surface area contributed by atoms with Crippen LogP contribution < -0.4 is 5.43 Å². The zero-order valence-corrected chi connectivity index (χ0v) is 12.0. The van der Waals surface area contributed by atoms with E-state index in [-0.39, 0.29) is 5.91 Å². The van der Waals surface area contributed by atoms with Crippen molar-refractivity contribution in [1.29, 1.82) is 0 Å². The summed E-state index contributed by atoms with van der Waals surface area (Å²) < 4.78 is 5.71. The predicted octanol–water partition coefficient (Wildman–Crippen LogP) is 2.73. The molecule has 4 nitrogen and oxygen atoms in total. The molecule has 0 fully saturated rings. The maximum absolute atomic E-state index is 11.6. The predicted molar refractivity (Wildman–Crippen MR) is 71.0 cm³/mol. The third kappa shape index (κ3) is 10.00. The summed E-state index contributed by atoms with van der Waals surface area (Å²) in [5, 5.41) is 3.88. The average molecular weight is 242 g/mol. The molecule has 0 aromatic rings. The van der Waals surface area contributed by atoms with Crippen molar-refractivity contribution >= 4 is 11.6 Å². The van der Waals surface area contributed by atoms with E-state index in [1.807, 2.05) is 27.7 Å². The Bertz CT molecular complexity index is 267. The Balaban J connectivity index is 3.98. The third-order valence-corrected chi connectivity index (χ3v) is 2.18. The number of hydrogen-bond donors (Lipinski definition) is 1. The van der Waals surface area contributed by atoms with Gasteiger partial charge in [0, 0.05) is 12.3 Å². The molecule has 0 aromatic carbocycles. The standard InChI is InChI=1S/C13H26N2O2/c1-10(2)7-8-17-13(5,6)9-12(16)15-14-11(3)4/h10H,7-9H2,1-6H3,(H,15,16). The highest BCUT2D eigenvalue weighted by atomic mass is 16.5. The van der Waals surface area contributed by atoms with Gasteiger partial charge in [0.2, 0.25) is 5.91 Å². The van der Waals surface area contributed by atoms with Gasteiger partial charge in [-0.05, 0) is 40.0 Å². The van der Waals surface area contributed by atoms with Crippen LogP contribution in [0, 0.1) is 5.92 Å². The van der Waals surface area contributed by atoms with Crippen LogP contribution in [0.3, 0.4) is 0 Å². The highest BCUT2D eigenvalue weighted by Crippen LogP contribution is 2.15. The van der Waals surface area contributed by atoms with Crippen molar-refractivity contribution in [2.24, 2.45) is 11.0 Å². The number of ether oxygens (including phenoxy) is 1. The van der Waals surface area contributed by atoms with Gasteiger partial charge in [0.15, 0.2) is 0 Å². The summed E-state index contributed by atoms with van der Waals surface area (Å²) in [7, 11) is 0. The highest BCUT2D eigenvalue weighted by molar-refractivity contribution is 5.82. The summed E-state index contributed by atoms with van der Waals surface area (Å²) in [6.07, 6.45) is 1.33. The van der Waals surface area contributed by atoms with Gasteiger partial charge in [-0.15, -0.1) is 0 Å². The fourth-order valence-electron chi connectivity index (χ4n) is 1.22. The Morgan fingerprint density at radius 3 is 2.41 bits per heavy atom. The lowest BCUT2D eigenvalue weighted by Gasteiger charge is -2.24. The normalized spacial score (nSPS) is 11.5. The van der Waals surface area contributed by atoms with E-state index in [2.05, 4.69) is 24.4 Å². The monoisotopic (exact) mass is 242 g/mol. The summed E-state index contributed by atoms with van der Waals surface area (Å²) in [5.74, 6) is 0.507. The number of nitrogens with zero attached hydrogens (tertiary/aromatic N) is 1. The second-order valence-corrected chi connectivity index (χ2v) is 5.56. The van der Waals surface area contributed by atoms with Gasteiger partial charge in [-0.1, -0.05) is 13.8 Å². The zero-order chi connectivity index (χ0) is 13.5. The Kier molecular flexibility index (Phi) is 7.04. The van der Waals surface area contributed by atoms with Gasteiger partial charge in [-0.3, -0.25) is 4.79 Å². The minimum atomic E-state index is -0.434. The minimum absolute atomic E-state index is 0.110. The van der Waals surface area contributed by atoms with Crippen LogP contribution in [0.1, 0.15) is 54.4 Å². The Labute approximate surface area is 105 Å². The Morgan fingerprint density at radius 1 is 1.35 bits per heavy atom. The van der Waals surface area contributed by atoms with Crippen LogP contribution in [0.4, 0.5) is 0 Å². The van der Waals surface area contributed by atoms with Crippen molar-refractivity contribution in [3.8, 4) is 0 Å². The summed E-state index contributed by atoms with van der Waals surface area (Å²) in [5.41, 5.74) is 2.90. The maximum atomic E-state index is 11.6. The molecule has 0 bridgehead atoms. The third-order valence-electron chi connectivity index (χ3n) is 2.18. The fraction of sp³-hybridized carbons (Fsp3) is 0.846. The van der Waals surface area contributed by atoms with E-state index in [9.17, 15) is 4.79 Å². The number of carbonyl (C=O) groups is 1. The first-order valence-corrected chi connectivity index (χ1v) is 6.16. The van der Waals surface area contributed by atoms with Crippen LogP contribution in [0.5, 0.6) is 0 Å². The number of rotatable bonds is 7. The molecule has 0 saturated carbocycles. The van der Waals surface area contributed by atoms with Gasteiger partial charge in [0.1, 0.15) is 0 Å². The van der Waals surface area contributed by atoms with Crippen molar-refractivity contribution < 1.29 is 9.53 Å². The lowest BCUT2D eigenvalue weighted by atomic mass is 10.0. The molecular formula is C13H26N2O2. The molecule has 0 aliphatic rings. The molecule has 0 aliphatic carbocycles. The number of hydrogen-bond acceptors (Lipinski definition) is 3. The molecule has 0 saturated heterocycles. The molecule has 0 unspecified atom stereocenters. The smallest absolute Gasteiger partial charge is 0.242 e. The van der Waals surface area contributed by atoms with Gasteiger partial charge in [-0.2, -0.15) is 5.10 Å². The quantitative estimate of drug-likeness (QED) is 0.551. The van der Waals surface area contributed by atoms with Gasteiger partial charge >= 0.3 is 0 Å². The molecule has 0 aliphatic heterocycles. The van der Waals surface area contributed by atoms with Crippen LogP contribution in [-0.4, -0.2) is 23.8 Å². The molecule has 0 rings (SSSR count). The van der Waals surface area contributed by atoms with Gasteiger partial charge in [0.05, 0.1) is 12.0 Å². The SMILES string of the molecule is CC(C)=NNC(=O)CC(C)(C)OCCC(C)C. The van der Waals surface area contributed by atoms with Crippen molar-refractivity contribution in [3.63, 3.8) is 0 Å². The van der Waals surface area contributed by atoms with E-state index in [1.54, 1.807) is 0 Å². The van der Waals surface area contributed by atoms with Crippen LogP contribution >= 0.6 is 0 Å². The fourth-order valence-corrected chi connectivity index (χ4v) is 1.22. The zero-order valence-electron chi connectivity index (χ0n) is 12.0. The second kappa shape index (κ2) is 7.43. The first kappa shape index (κ1) is 16.1. The molecular weight excluding hydrogens is 216 g/mol. The summed E-state index contributed by atoms with van der Waals surface area (Å²) in [6, 6.07) is 0. The van der Waals surface area contributed by atoms with E-state index in [4.69, 9.17) is 4.74 Å². The summed E-state index contributed by atoms with van der Waals surface area (Å²) in [6.45, 7) is 12.5. The van der Waals surface area contributed by atoms with E-state index in [0.29, 0.717) is 18.9 Å². The van der Waals surface area contributed by atoms with E-state index in [1.165, 1.54) is 0 Å². The number of carbonyl (C=O) groups excluding carboxylic acids is 1. The first-order chi connectivity index (χ1) is 7.73. The van der Waals surface area contributed by atoms with Crippen molar-refractivity contribution in [3.05, 3.63) is 0 Å². The molecule has 0 heterocycles. The molecule has 0 aromatic heterocycles. The van der Waals surface area contributed by atoms with Gasteiger partial charge in [0.25, 0.3) is 0 Å². The van der Waals surface area contributed by atoms with E-state index < -0.39 is 5.60 Å². The Hall–Kier alpha value is -0.900. The van der Waals surface area contributed by atoms with Crippen molar-refractivity contribution in [1.82, 2.24) is 5.43 Å². The topological polar surface area (TPSA) is 50.7 Å². The van der Waals surface area contributed by atoms with Crippen LogP contribution in [0.25, 0.3) is 0 Å². The molecule has 0 atom stereocenters. The Morgan fingerprint density at radius 2 is 1.94 bits per heavy atom. The molecule has 100 valence electrons. The first-order valence-electron chi connectivity index (χ1n) is 6.16. The van der Waals surface area contributed by atoms with E-state index in [0.717, 1.165) is 12.1 Å². The van der Waals surface area contributed by atoms with Crippen LogP contribution in [-0.2, 0) is 9.53 Å². The lowest BCUT2D eigenvalue weighted by Crippen LogP contribution is -2.33. The number of hydrazone groups is 1. The molecule has 0 radical (unpaired) electrons. The van der Waals surface area contributed by atoms with Crippen molar-refractivity contribution in [2.75, 3.05) is 6.61 Å². The summed E-state index contributed by atoms with van der Waals surface area (Å²) in [4.78, 5) is 11.6. The molecule has 17 heavy (non-hydrogen) atoms. The second-order valence-electron chi connectivity index (χ2n) is 5.56. The molecule has 1 N–H and O–H groups in total. The lowest BCUT2D eigenvalue weighted by molar-refractivity contribution is -0.127. The van der Waals surface area contributed by atoms with Crippen LogP contribution in [0.15, 0.2) is 5.10 Å². The van der Waals surface area contributed by atoms with E-state index >= 15 is 0 Å². The van der Waals surface area contributed by atoms with Crippen molar-refractivity contribution in [2.45, 2.75) is 60.0 Å². The minimum Gasteiger partial charge on any atom is -0.375 e. The van der Waals surface area contributed by atoms with Gasteiger partial charge in [-0.25, -0.2) is 5.43 Å². The van der Waals surface area contributed by atoms with Crippen LogP contribution in [0.2, 0.25) is 0 Å². The highest BCUT2D eigenvalue weighted by Gasteiger charge is 2.22. The molecule has 0 spiro atoms. The number of nitrogens with one attached hydrogen (secondary N) is 1. The molecule has 4 heteroatoms. The molecule has 1 amide bonds. The van der Waals surface area contributed by atoms with Gasteiger partial charge < -0.3 is 4.74 Å². The average Bonchev–Trinajstić information content (AvgIpc) is 2.12. The number of amides is 1. The maximum Gasteiger partial charge on any atom is 0.242 e.